The van der Waals surface area contributed by atoms with Crippen LogP contribution < -0.4 is 4.74 Å². The summed E-state index contributed by atoms with van der Waals surface area (Å²) in [7, 11) is -3.20. The fourth-order valence-corrected chi connectivity index (χ4v) is 2.05. The summed E-state index contributed by atoms with van der Waals surface area (Å²) in [4.78, 5) is 0. The predicted molar refractivity (Wildman–Crippen MR) is 65.4 cm³/mol. The maximum Gasteiger partial charge on any atom is 0.158 e. The molecular formula is C12H17FO3S. The molecule has 0 aliphatic carbocycles. The predicted octanol–water partition coefficient (Wildman–Crippen LogP) is 2.42. The summed E-state index contributed by atoms with van der Waals surface area (Å²) in [5, 5.41) is 0. The number of sulfone groups is 1. The van der Waals surface area contributed by atoms with Crippen LogP contribution in [0.1, 0.15) is 20.8 Å². The Hall–Kier alpha value is -1.10. The van der Waals surface area contributed by atoms with Gasteiger partial charge in [-0.25, -0.2) is 12.8 Å². The van der Waals surface area contributed by atoms with Crippen molar-refractivity contribution in [3.8, 4) is 5.75 Å². The molecule has 1 aromatic carbocycles. The van der Waals surface area contributed by atoms with Crippen molar-refractivity contribution in [1.29, 1.82) is 0 Å². The second kappa shape index (κ2) is 5.04. The maximum absolute atomic E-state index is 12.8. The molecule has 0 saturated carbocycles. The Bertz CT molecular complexity index is 475. The smallest absolute Gasteiger partial charge is 0.158 e. The molecule has 1 rings (SSSR count). The zero-order valence-electron chi connectivity index (χ0n) is 10.2. The van der Waals surface area contributed by atoms with Crippen LogP contribution in [0.4, 0.5) is 4.39 Å². The number of halogens is 1. The quantitative estimate of drug-likeness (QED) is 0.835. The number of hydrogen-bond donors (Lipinski definition) is 0. The van der Waals surface area contributed by atoms with E-state index in [-0.39, 0.29) is 12.4 Å². The SMILES string of the molecule is CC(C)(C)S(=O)(=O)CCOc1cccc(F)c1. The lowest BCUT2D eigenvalue weighted by Crippen LogP contribution is -2.32. The van der Waals surface area contributed by atoms with Crippen molar-refractivity contribution in [2.75, 3.05) is 12.4 Å². The first-order valence-corrected chi connectivity index (χ1v) is 6.98. The van der Waals surface area contributed by atoms with E-state index >= 15 is 0 Å². The van der Waals surface area contributed by atoms with Gasteiger partial charge in [0.15, 0.2) is 9.84 Å². The van der Waals surface area contributed by atoms with Crippen molar-refractivity contribution in [2.24, 2.45) is 0 Å². The first-order valence-electron chi connectivity index (χ1n) is 5.33. The van der Waals surface area contributed by atoms with Gasteiger partial charge in [-0.1, -0.05) is 6.07 Å². The van der Waals surface area contributed by atoms with E-state index in [0.717, 1.165) is 0 Å². The minimum atomic E-state index is -3.20. The van der Waals surface area contributed by atoms with E-state index in [2.05, 4.69) is 0 Å². The van der Waals surface area contributed by atoms with Gasteiger partial charge in [0.1, 0.15) is 18.2 Å². The first-order chi connectivity index (χ1) is 7.72. The van der Waals surface area contributed by atoms with Crippen LogP contribution in [-0.4, -0.2) is 25.5 Å². The summed E-state index contributed by atoms with van der Waals surface area (Å²) in [5.74, 6) is -0.136. The average Bonchev–Trinajstić information content (AvgIpc) is 2.15. The van der Waals surface area contributed by atoms with Crippen molar-refractivity contribution < 1.29 is 17.5 Å². The van der Waals surface area contributed by atoms with E-state index < -0.39 is 20.4 Å². The Labute approximate surface area is 102 Å². The fraction of sp³-hybridized carbons (Fsp3) is 0.500. The van der Waals surface area contributed by atoms with Crippen LogP contribution in [0.5, 0.6) is 5.75 Å². The third-order valence-corrected chi connectivity index (χ3v) is 4.92. The van der Waals surface area contributed by atoms with Gasteiger partial charge in [0.25, 0.3) is 0 Å². The topological polar surface area (TPSA) is 43.4 Å². The van der Waals surface area contributed by atoms with Crippen LogP contribution in [0.15, 0.2) is 24.3 Å². The molecule has 0 aliphatic heterocycles. The second-order valence-corrected chi connectivity index (χ2v) is 7.60. The molecule has 0 bridgehead atoms. The lowest BCUT2D eigenvalue weighted by molar-refractivity contribution is 0.338. The first kappa shape index (κ1) is 14.0. The van der Waals surface area contributed by atoms with E-state index in [9.17, 15) is 12.8 Å². The Kier molecular flexibility index (Phi) is 4.14. The Balaban J connectivity index is 2.55. The molecule has 5 heteroatoms. The maximum atomic E-state index is 12.8. The molecule has 0 fully saturated rings. The lowest BCUT2D eigenvalue weighted by Gasteiger charge is -2.19. The highest BCUT2D eigenvalue weighted by Gasteiger charge is 2.28. The average molecular weight is 260 g/mol. The van der Waals surface area contributed by atoms with Gasteiger partial charge in [0, 0.05) is 6.07 Å². The molecule has 0 saturated heterocycles. The second-order valence-electron chi connectivity index (χ2n) is 4.74. The molecule has 1 aromatic rings. The van der Waals surface area contributed by atoms with Gasteiger partial charge < -0.3 is 4.74 Å². The number of ether oxygens (including phenoxy) is 1. The Morgan fingerprint density at radius 3 is 2.47 bits per heavy atom. The van der Waals surface area contributed by atoms with Crippen molar-refractivity contribution in [2.45, 2.75) is 25.5 Å². The number of benzene rings is 1. The van der Waals surface area contributed by atoms with Gasteiger partial charge >= 0.3 is 0 Å². The number of hydrogen-bond acceptors (Lipinski definition) is 3. The molecular weight excluding hydrogens is 243 g/mol. The molecule has 0 amide bonds. The van der Waals surface area contributed by atoms with Crippen LogP contribution in [0, 0.1) is 5.82 Å². The third kappa shape index (κ3) is 4.00. The van der Waals surface area contributed by atoms with Gasteiger partial charge in [0.05, 0.1) is 10.5 Å². The van der Waals surface area contributed by atoms with Crippen LogP contribution in [0.25, 0.3) is 0 Å². The Morgan fingerprint density at radius 1 is 1.29 bits per heavy atom. The summed E-state index contributed by atoms with van der Waals surface area (Å²) in [5.41, 5.74) is 0. The molecule has 17 heavy (non-hydrogen) atoms. The zero-order chi connectivity index (χ0) is 13.1. The summed E-state index contributed by atoms with van der Waals surface area (Å²) < 4.78 is 40.7. The third-order valence-electron chi connectivity index (χ3n) is 2.35. The van der Waals surface area contributed by atoms with Crippen molar-refractivity contribution in [1.82, 2.24) is 0 Å². The van der Waals surface area contributed by atoms with Crippen molar-refractivity contribution in [3.05, 3.63) is 30.1 Å². The van der Waals surface area contributed by atoms with Gasteiger partial charge in [-0.3, -0.25) is 0 Å². The van der Waals surface area contributed by atoms with Crippen LogP contribution in [0.2, 0.25) is 0 Å². The van der Waals surface area contributed by atoms with E-state index in [0.29, 0.717) is 5.75 Å². The molecule has 96 valence electrons. The van der Waals surface area contributed by atoms with Crippen LogP contribution in [0.3, 0.4) is 0 Å². The summed E-state index contributed by atoms with van der Waals surface area (Å²) in [6.07, 6.45) is 0. The zero-order valence-corrected chi connectivity index (χ0v) is 11.1. The van der Waals surface area contributed by atoms with E-state index in [1.165, 1.54) is 18.2 Å². The Morgan fingerprint density at radius 2 is 1.94 bits per heavy atom. The summed E-state index contributed by atoms with van der Waals surface area (Å²) >= 11 is 0. The minimum Gasteiger partial charge on any atom is -0.492 e. The highest BCUT2D eigenvalue weighted by Crippen LogP contribution is 2.17. The van der Waals surface area contributed by atoms with Crippen LogP contribution in [-0.2, 0) is 9.84 Å². The fourth-order valence-electron chi connectivity index (χ4n) is 1.13. The summed E-state index contributed by atoms with van der Waals surface area (Å²) in [6.45, 7) is 4.96. The van der Waals surface area contributed by atoms with E-state index in [1.54, 1.807) is 26.8 Å². The molecule has 0 atom stereocenters. The molecule has 0 N–H and O–H groups in total. The van der Waals surface area contributed by atoms with Gasteiger partial charge in [-0.15, -0.1) is 0 Å². The molecule has 0 radical (unpaired) electrons. The molecule has 3 nitrogen and oxygen atoms in total. The standard InChI is InChI=1S/C12H17FO3S/c1-12(2,3)17(14,15)8-7-16-11-6-4-5-10(13)9-11/h4-6,9H,7-8H2,1-3H3. The molecule has 0 heterocycles. The molecule has 0 aliphatic rings. The molecule has 0 aromatic heterocycles. The van der Waals surface area contributed by atoms with E-state index in [1.807, 2.05) is 0 Å². The van der Waals surface area contributed by atoms with Crippen molar-refractivity contribution >= 4 is 9.84 Å². The number of rotatable bonds is 4. The molecule has 0 unspecified atom stereocenters. The lowest BCUT2D eigenvalue weighted by atomic mass is 10.3. The largest absolute Gasteiger partial charge is 0.492 e. The molecule has 0 spiro atoms. The van der Waals surface area contributed by atoms with Gasteiger partial charge in [-0.05, 0) is 32.9 Å². The van der Waals surface area contributed by atoms with Crippen molar-refractivity contribution in [3.63, 3.8) is 0 Å². The normalized spacial score (nSPS) is 12.5. The highest BCUT2D eigenvalue weighted by molar-refractivity contribution is 7.92. The van der Waals surface area contributed by atoms with Gasteiger partial charge in [-0.2, -0.15) is 0 Å². The summed E-state index contributed by atoms with van der Waals surface area (Å²) in [6, 6.07) is 5.64. The van der Waals surface area contributed by atoms with Crippen LogP contribution >= 0.6 is 0 Å². The monoisotopic (exact) mass is 260 g/mol. The van der Waals surface area contributed by atoms with E-state index in [4.69, 9.17) is 4.74 Å². The highest BCUT2D eigenvalue weighted by atomic mass is 32.2. The van der Waals surface area contributed by atoms with Gasteiger partial charge in [0.2, 0.25) is 0 Å². The minimum absolute atomic E-state index is 0.0308.